The first-order valence-corrected chi connectivity index (χ1v) is 6.94. The van der Waals surface area contributed by atoms with Crippen LogP contribution in [0.15, 0.2) is 35.5 Å². The molecule has 0 unspecified atom stereocenters. The van der Waals surface area contributed by atoms with Crippen molar-refractivity contribution in [1.82, 2.24) is 10.6 Å². The average molecular weight is 320 g/mol. The smallest absolute Gasteiger partial charge is 0.338 e. The third kappa shape index (κ3) is 2.94. The van der Waals surface area contributed by atoms with Crippen LogP contribution in [0.1, 0.15) is 28.9 Å². The molecule has 0 spiro atoms. The van der Waals surface area contributed by atoms with E-state index in [0.29, 0.717) is 27.5 Å². The molecule has 0 aliphatic carbocycles. The Balaban J connectivity index is 2.58. The van der Waals surface area contributed by atoms with Crippen molar-refractivity contribution in [3.63, 3.8) is 0 Å². The van der Waals surface area contributed by atoms with E-state index < -0.39 is 18.0 Å². The molecule has 1 heterocycles. The molecular weight excluding hydrogens is 304 g/mol. The van der Waals surface area contributed by atoms with E-state index in [0.717, 1.165) is 0 Å². The Hall–Kier alpha value is -2.41. The number of carbonyl (C=O) groups excluding carboxylic acids is 2. The molecule has 1 aromatic rings. The van der Waals surface area contributed by atoms with Crippen LogP contribution < -0.4 is 10.6 Å². The summed E-state index contributed by atoms with van der Waals surface area (Å²) in [6, 6.07) is 6.30. The van der Waals surface area contributed by atoms with Crippen LogP contribution in [0.3, 0.4) is 0 Å². The number of esters is 2. The zero-order valence-corrected chi connectivity index (χ0v) is 13.2. The molecule has 0 fully saturated rings. The molecule has 1 aromatic carbocycles. The molecule has 6 nitrogen and oxygen atoms in total. The zero-order valence-electron chi connectivity index (χ0n) is 12.4. The molecule has 1 aliphatic rings. The maximum Gasteiger partial charge on any atom is 0.338 e. The fraction of sp³-hybridized carbons (Fsp3) is 0.267. The summed E-state index contributed by atoms with van der Waals surface area (Å²) in [5, 5.41) is 6.26. The van der Waals surface area contributed by atoms with Crippen molar-refractivity contribution < 1.29 is 19.1 Å². The highest BCUT2D eigenvalue weighted by atomic mass is 32.1. The summed E-state index contributed by atoms with van der Waals surface area (Å²) in [5.41, 5.74) is 1.91. The summed E-state index contributed by atoms with van der Waals surface area (Å²) in [7, 11) is 2.61. The lowest BCUT2D eigenvalue weighted by molar-refractivity contribution is -0.136. The number of thiocarbonyl (C=S) groups is 1. The van der Waals surface area contributed by atoms with E-state index in [-0.39, 0.29) is 0 Å². The molecule has 0 saturated carbocycles. The molecule has 0 amide bonds. The Morgan fingerprint density at radius 2 is 1.77 bits per heavy atom. The second-order valence-electron chi connectivity index (χ2n) is 4.64. The summed E-state index contributed by atoms with van der Waals surface area (Å²) in [6.07, 6.45) is 0. The van der Waals surface area contributed by atoms with Crippen molar-refractivity contribution in [1.29, 1.82) is 0 Å². The third-order valence-electron chi connectivity index (χ3n) is 3.35. The lowest BCUT2D eigenvalue weighted by Crippen LogP contribution is -2.45. The van der Waals surface area contributed by atoms with Crippen molar-refractivity contribution in [2.45, 2.75) is 13.0 Å². The number of carbonyl (C=O) groups is 2. The molecular formula is C15H16N2O4S. The Kier molecular flexibility index (Phi) is 4.77. The molecule has 0 saturated heterocycles. The van der Waals surface area contributed by atoms with Gasteiger partial charge in [0.2, 0.25) is 0 Å². The van der Waals surface area contributed by atoms with Gasteiger partial charge in [-0.05, 0) is 30.8 Å². The third-order valence-corrected chi connectivity index (χ3v) is 3.57. The van der Waals surface area contributed by atoms with Gasteiger partial charge in [-0.1, -0.05) is 18.2 Å². The molecule has 116 valence electrons. The van der Waals surface area contributed by atoms with Crippen molar-refractivity contribution in [2.24, 2.45) is 0 Å². The van der Waals surface area contributed by atoms with E-state index in [4.69, 9.17) is 21.7 Å². The van der Waals surface area contributed by atoms with Crippen molar-refractivity contribution in [3.05, 3.63) is 46.7 Å². The Labute approximate surface area is 133 Å². The minimum absolute atomic E-state index is 0.362. The molecule has 0 aromatic heterocycles. The number of methoxy groups -OCH3 is 2. The van der Waals surface area contributed by atoms with E-state index in [2.05, 4.69) is 10.6 Å². The second kappa shape index (κ2) is 6.57. The van der Waals surface area contributed by atoms with E-state index in [9.17, 15) is 9.59 Å². The quantitative estimate of drug-likeness (QED) is 0.644. The van der Waals surface area contributed by atoms with Gasteiger partial charge in [0.25, 0.3) is 0 Å². The first kappa shape index (κ1) is 16.0. The minimum Gasteiger partial charge on any atom is -0.466 e. The monoisotopic (exact) mass is 320 g/mol. The van der Waals surface area contributed by atoms with E-state index in [1.54, 1.807) is 31.2 Å². The van der Waals surface area contributed by atoms with Crippen LogP contribution in [0.2, 0.25) is 0 Å². The Morgan fingerprint density at radius 3 is 2.41 bits per heavy atom. The molecule has 7 heteroatoms. The van der Waals surface area contributed by atoms with E-state index in [1.807, 2.05) is 0 Å². The highest BCUT2D eigenvalue weighted by molar-refractivity contribution is 7.80. The van der Waals surface area contributed by atoms with Crippen molar-refractivity contribution in [2.75, 3.05) is 14.2 Å². The summed E-state index contributed by atoms with van der Waals surface area (Å²) in [4.78, 5) is 24.1. The molecule has 1 atom stereocenters. The Bertz CT molecular complexity index is 669. The SMILES string of the molecule is COC(=O)C1=C(C)NC(=S)N[C@@H]1c1ccccc1C(=O)OC. The van der Waals surface area contributed by atoms with Crippen molar-refractivity contribution in [3.8, 4) is 0 Å². The number of hydrogen-bond acceptors (Lipinski definition) is 5. The fourth-order valence-electron chi connectivity index (χ4n) is 2.35. The van der Waals surface area contributed by atoms with Gasteiger partial charge in [-0.2, -0.15) is 0 Å². The highest BCUT2D eigenvalue weighted by Gasteiger charge is 2.32. The van der Waals surface area contributed by atoms with Gasteiger partial charge in [-0.3, -0.25) is 0 Å². The molecule has 22 heavy (non-hydrogen) atoms. The number of rotatable bonds is 3. The first-order chi connectivity index (χ1) is 10.5. The van der Waals surface area contributed by atoms with Gasteiger partial charge in [0.05, 0.1) is 31.4 Å². The summed E-state index contributed by atoms with van der Waals surface area (Å²) < 4.78 is 9.63. The van der Waals surface area contributed by atoms with Gasteiger partial charge in [0.1, 0.15) is 0 Å². The lowest BCUT2D eigenvalue weighted by Gasteiger charge is -2.30. The lowest BCUT2D eigenvalue weighted by atomic mass is 9.92. The predicted octanol–water partition coefficient (Wildman–Crippen LogP) is 1.44. The number of allylic oxidation sites excluding steroid dienone is 1. The highest BCUT2D eigenvalue weighted by Crippen LogP contribution is 2.30. The van der Waals surface area contributed by atoms with Crippen LogP contribution >= 0.6 is 12.2 Å². The van der Waals surface area contributed by atoms with Crippen LogP contribution in [0, 0.1) is 0 Å². The molecule has 1 aliphatic heterocycles. The molecule has 2 rings (SSSR count). The van der Waals surface area contributed by atoms with Gasteiger partial charge in [0.15, 0.2) is 5.11 Å². The first-order valence-electron chi connectivity index (χ1n) is 6.53. The van der Waals surface area contributed by atoms with Crippen LogP contribution in [0.5, 0.6) is 0 Å². The molecule has 2 N–H and O–H groups in total. The summed E-state index contributed by atoms with van der Waals surface area (Å²) in [6.45, 7) is 1.73. The largest absolute Gasteiger partial charge is 0.466 e. The number of ether oxygens (including phenoxy) is 2. The summed E-state index contributed by atoms with van der Waals surface area (Å²) >= 11 is 5.15. The average Bonchev–Trinajstić information content (AvgIpc) is 2.52. The number of nitrogens with one attached hydrogen (secondary N) is 2. The van der Waals surface area contributed by atoms with Crippen LogP contribution in [0.25, 0.3) is 0 Å². The Morgan fingerprint density at radius 1 is 1.14 bits per heavy atom. The van der Waals surface area contributed by atoms with Crippen LogP contribution in [-0.4, -0.2) is 31.3 Å². The van der Waals surface area contributed by atoms with E-state index in [1.165, 1.54) is 14.2 Å². The molecule has 0 radical (unpaired) electrons. The van der Waals surface area contributed by atoms with Gasteiger partial charge in [-0.25, -0.2) is 9.59 Å². The summed E-state index contributed by atoms with van der Waals surface area (Å²) in [5.74, 6) is -0.978. The maximum atomic E-state index is 12.1. The topological polar surface area (TPSA) is 76.7 Å². The minimum atomic E-state index is -0.587. The van der Waals surface area contributed by atoms with Crippen LogP contribution in [-0.2, 0) is 14.3 Å². The van der Waals surface area contributed by atoms with Crippen LogP contribution in [0.4, 0.5) is 0 Å². The van der Waals surface area contributed by atoms with Gasteiger partial charge in [0, 0.05) is 5.70 Å². The number of benzene rings is 1. The van der Waals surface area contributed by atoms with Crippen molar-refractivity contribution >= 4 is 29.3 Å². The van der Waals surface area contributed by atoms with Gasteiger partial charge < -0.3 is 20.1 Å². The van der Waals surface area contributed by atoms with Gasteiger partial charge >= 0.3 is 11.9 Å². The van der Waals surface area contributed by atoms with E-state index >= 15 is 0 Å². The normalized spacial score (nSPS) is 17.4. The maximum absolute atomic E-state index is 12.1. The fourth-order valence-corrected chi connectivity index (χ4v) is 2.62. The predicted molar refractivity (Wildman–Crippen MR) is 84.1 cm³/mol. The van der Waals surface area contributed by atoms with Gasteiger partial charge in [-0.15, -0.1) is 0 Å². The standard InChI is InChI=1S/C15H16N2O4S/c1-8-11(14(19)21-3)12(17-15(22)16-8)9-6-4-5-7-10(9)13(18)20-2/h4-7,12H,1-3H3,(H2,16,17,22)/t12-/m1/s1. The number of hydrogen-bond donors (Lipinski definition) is 2. The zero-order chi connectivity index (χ0) is 16.3. The molecule has 0 bridgehead atoms. The second-order valence-corrected chi connectivity index (χ2v) is 5.05.